The Morgan fingerprint density at radius 2 is 2.40 bits per heavy atom. The van der Waals surface area contributed by atoms with Crippen molar-refractivity contribution in [1.82, 2.24) is 9.55 Å². The molecule has 2 N–H and O–H groups in total. The molecule has 0 aliphatic rings. The van der Waals surface area contributed by atoms with Crippen LogP contribution < -0.4 is 5.73 Å². The Bertz CT molecular complexity index is 515. The second-order valence-corrected chi connectivity index (χ2v) is 3.53. The van der Waals surface area contributed by atoms with E-state index in [1.54, 1.807) is 6.33 Å². The lowest BCUT2D eigenvalue weighted by atomic mass is 10.3. The molecule has 0 fully saturated rings. The van der Waals surface area contributed by atoms with Crippen LogP contribution in [0.2, 0.25) is 0 Å². The van der Waals surface area contributed by atoms with Gasteiger partial charge in [-0.2, -0.15) is 0 Å². The molecule has 1 aromatic carbocycles. The van der Waals surface area contributed by atoms with Crippen LogP contribution in [-0.4, -0.2) is 21.3 Å². The minimum atomic E-state index is 0.240. The first kappa shape index (κ1) is 9.98. The maximum Gasteiger partial charge on any atom is 0.115 e. The summed E-state index contributed by atoms with van der Waals surface area (Å²) in [4.78, 5) is 8.39. The molecule has 2 rings (SSSR count). The molecule has 0 spiro atoms. The Labute approximate surface area is 92.4 Å². The van der Waals surface area contributed by atoms with Gasteiger partial charge in [-0.3, -0.25) is 0 Å². The molecule has 2 aromatic rings. The second kappa shape index (κ2) is 3.90. The zero-order chi connectivity index (χ0) is 10.8. The standard InChI is InChI=1S/C10H11ClN4/c1-15-6-13-8-3-2-7(4-9(8)15)14-10(12)5-11/h2-4,6H,5H2,1H3,(H2,12,14). The molecule has 0 aliphatic heterocycles. The van der Waals surface area contributed by atoms with Gasteiger partial charge in [0.2, 0.25) is 0 Å². The highest BCUT2D eigenvalue weighted by Gasteiger charge is 2.00. The molecule has 4 nitrogen and oxygen atoms in total. The average Bonchev–Trinajstić information content (AvgIpc) is 2.60. The molecule has 1 aromatic heterocycles. The van der Waals surface area contributed by atoms with Gasteiger partial charge in [0.05, 0.1) is 28.9 Å². The lowest BCUT2D eigenvalue weighted by Crippen LogP contribution is -2.12. The van der Waals surface area contributed by atoms with Crippen LogP contribution in [0.3, 0.4) is 0 Å². The number of hydrogen-bond acceptors (Lipinski definition) is 2. The summed E-state index contributed by atoms with van der Waals surface area (Å²) < 4.78 is 1.94. The van der Waals surface area contributed by atoms with Crippen LogP contribution in [0, 0.1) is 0 Å². The number of amidine groups is 1. The molecule has 0 atom stereocenters. The molecule has 0 aliphatic carbocycles. The van der Waals surface area contributed by atoms with Crippen LogP contribution >= 0.6 is 11.6 Å². The van der Waals surface area contributed by atoms with E-state index < -0.39 is 0 Å². The Hall–Kier alpha value is -1.55. The van der Waals surface area contributed by atoms with Crippen molar-refractivity contribution in [2.75, 3.05) is 5.88 Å². The molecular weight excluding hydrogens is 212 g/mol. The van der Waals surface area contributed by atoms with Gasteiger partial charge in [0.15, 0.2) is 0 Å². The third-order valence-electron chi connectivity index (χ3n) is 2.12. The molecule has 0 amide bonds. The maximum atomic E-state index is 5.56. The maximum absolute atomic E-state index is 5.56. The largest absolute Gasteiger partial charge is 0.386 e. The fourth-order valence-corrected chi connectivity index (χ4v) is 1.44. The van der Waals surface area contributed by atoms with E-state index in [0.717, 1.165) is 16.7 Å². The molecule has 0 unspecified atom stereocenters. The highest BCUT2D eigenvalue weighted by Crippen LogP contribution is 2.19. The first-order valence-electron chi connectivity index (χ1n) is 4.51. The van der Waals surface area contributed by atoms with Crippen molar-refractivity contribution in [3.05, 3.63) is 24.5 Å². The highest BCUT2D eigenvalue weighted by atomic mass is 35.5. The van der Waals surface area contributed by atoms with E-state index in [9.17, 15) is 0 Å². The lowest BCUT2D eigenvalue weighted by molar-refractivity contribution is 0.947. The van der Waals surface area contributed by atoms with E-state index in [1.165, 1.54) is 0 Å². The van der Waals surface area contributed by atoms with Gasteiger partial charge in [0.25, 0.3) is 0 Å². The van der Waals surface area contributed by atoms with Crippen LogP contribution in [0.5, 0.6) is 0 Å². The number of nitrogens with zero attached hydrogens (tertiary/aromatic N) is 3. The summed E-state index contributed by atoms with van der Waals surface area (Å²) in [5.41, 5.74) is 8.33. The SMILES string of the molecule is Cn1cnc2ccc(N=C(N)CCl)cc21. The summed E-state index contributed by atoms with van der Waals surface area (Å²) in [6.45, 7) is 0. The first-order valence-corrected chi connectivity index (χ1v) is 5.04. The zero-order valence-electron chi connectivity index (χ0n) is 8.31. The number of rotatable bonds is 2. The third kappa shape index (κ3) is 1.94. The summed E-state index contributed by atoms with van der Waals surface area (Å²) in [5, 5.41) is 0. The molecule has 5 heteroatoms. The number of aromatic nitrogens is 2. The average molecular weight is 223 g/mol. The fraction of sp³-hybridized carbons (Fsp3) is 0.200. The van der Waals surface area contributed by atoms with Crippen molar-refractivity contribution in [3.63, 3.8) is 0 Å². The predicted molar refractivity (Wildman–Crippen MR) is 62.7 cm³/mol. The smallest absolute Gasteiger partial charge is 0.115 e. The van der Waals surface area contributed by atoms with Gasteiger partial charge in [-0.1, -0.05) is 0 Å². The molecule has 1 heterocycles. The Morgan fingerprint density at radius 3 is 3.13 bits per heavy atom. The second-order valence-electron chi connectivity index (χ2n) is 3.27. The number of nitrogens with two attached hydrogens (primary N) is 1. The molecule has 0 saturated heterocycles. The third-order valence-corrected chi connectivity index (χ3v) is 2.39. The van der Waals surface area contributed by atoms with Crippen LogP contribution in [0.25, 0.3) is 11.0 Å². The topological polar surface area (TPSA) is 56.2 Å². The van der Waals surface area contributed by atoms with Crippen LogP contribution in [0.1, 0.15) is 0 Å². The van der Waals surface area contributed by atoms with Crippen molar-refractivity contribution < 1.29 is 0 Å². The monoisotopic (exact) mass is 222 g/mol. The van der Waals surface area contributed by atoms with Crippen LogP contribution in [-0.2, 0) is 7.05 Å². The minimum absolute atomic E-state index is 0.240. The summed E-state index contributed by atoms with van der Waals surface area (Å²) in [6, 6.07) is 5.71. The molecule has 78 valence electrons. The summed E-state index contributed by atoms with van der Waals surface area (Å²) >= 11 is 5.56. The van der Waals surface area contributed by atoms with Gasteiger partial charge >= 0.3 is 0 Å². The van der Waals surface area contributed by atoms with Crippen molar-refractivity contribution >= 4 is 34.2 Å². The quantitative estimate of drug-likeness (QED) is 0.479. The molecular formula is C10H11ClN4. The highest BCUT2D eigenvalue weighted by molar-refractivity contribution is 6.28. The molecule has 15 heavy (non-hydrogen) atoms. The van der Waals surface area contributed by atoms with Gasteiger partial charge in [0, 0.05) is 7.05 Å². The minimum Gasteiger partial charge on any atom is -0.386 e. The van der Waals surface area contributed by atoms with Gasteiger partial charge in [-0.05, 0) is 18.2 Å². The molecule has 0 radical (unpaired) electrons. The predicted octanol–water partition coefficient (Wildman–Crippen LogP) is 1.80. The van der Waals surface area contributed by atoms with Crippen LogP contribution in [0.4, 0.5) is 5.69 Å². The van der Waals surface area contributed by atoms with E-state index in [1.807, 2.05) is 29.8 Å². The zero-order valence-corrected chi connectivity index (χ0v) is 9.07. The van der Waals surface area contributed by atoms with Crippen LogP contribution in [0.15, 0.2) is 29.5 Å². The number of hydrogen-bond donors (Lipinski definition) is 1. The summed E-state index contributed by atoms with van der Waals surface area (Å²) in [7, 11) is 1.94. The van der Waals surface area contributed by atoms with Crippen molar-refractivity contribution in [2.45, 2.75) is 0 Å². The number of alkyl halides is 1. The lowest BCUT2D eigenvalue weighted by Gasteiger charge is -1.98. The van der Waals surface area contributed by atoms with Crippen molar-refractivity contribution in [1.29, 1.82) is 0 Å². The van der Waals surface area contributed by atoms with Gasteiger partial charge < -0.3 is 10.3 Å². The fourth-order valence-electron chi connectivity index (χ4n) is 1.38. The van der Waals surface area contributed by atoms with Crippen molar-refractivity contribution in [2.24, 2.45) is 17.8 Å². The van der Waals surface area contributed by atoms with E-state index >= 15 is 0 Å². The molecule has 0 bridgehead atoms. The summed E-state index contributed by atoms with van der Waals surface area (Å²) in [5.74, 6) is 0.654. The van der Waals surface area contributed by atoms with E-state index in [0.29, 0.717) is 5.84 Å². The number of aliphatic imine (C=N–C) groups is 1. The van der Waals surface area contributed by atoms with Gasteiger partial charge in [-0.25, -0.2) is 9.98 Å². The Kier molecular flexibility index (Phi) is 2.60. The molecule has 0 saturated carbocycles. The number of halogens is 1. The van der Waals surface area contributed by atoms with E-state index in [4.69, 9.17) is 17.3 Å². The Balaban J connectivity index is 2.50. The normalized spacial score (nSPS) is 12.3. The Morgan fingerprint density at radius 1 is 1.60 bits per heavy atom. The van der Waals surface area contributed by atoms with Gasteiger partial charge in [0.1, 0.15) is 5.84 Å². The number of fused-ring (bicyclic) bond motifs is 1. The summed E-state index contributed by atoms with van der Waals surface area (Å²) in [6.07, 6.45) is 1.77. The first-order chi connectivity index (χ1) is 7.20. The van der Waals surface area contributed by atoms with Gasteiger partial charge in [-0.15, -0.1) is 11.6 Å². The van der Waals surface area contributed by atoms with E-state index in [-0.39, 0.29) is 5.88 Å². The number of imidazole rings is 1. The van der Waals surface area contributed by atoms with E-state index in [2.05, 4.69) is 9.98 Å². The van der Waals surface area contributed by atoms with Crippen molar-refractivity contribution in [3.8, 4) is 0 Å². The number of aryl methyl sites for hydroxylation is 1. The number of benzene rings is 1.